The SMILES string of the molecule is CCCCNC(=O)C1(C#N)CCCC1. The van der Waals surface area contributed by atoms with E-state index in [4.69, 9.17) is 5.26 Å². The van der Waals surface area contributed by atoms with Crippen molar-refractivity contribution in [1.82, 2.24) is 5.32 Å². The molecule has 3 heteroatoms. The third-order valence-electron chi connectivity index (χ3n) is 2.92. The molecule has 0 aromatic carbocycles. The minimum absolute atomic E-state index is 0.0500. The van der Waals surface area contributed by atoms with Gasteiger partial charge in [0.05, 0.1) is 6.07 Å². The fourth-order valence-electron chi connectivity index (χ4n) is 1.92. The summed E-state index contributed by atoms with van der Waals surface area (Å²) >= 11 is 0. The first kappa shape index (κ1) is 11.0. The van der Waals surface area contributed by atoms with E-state index in [-0.39, 0.29) is 5.91 Å². The fourth-order valence-corrected chi connectivity index (χ4v) is 1.92. The molecule has 0 bridgehead atoms. The van der Waals surface area contributed by atoms with Gasteiger partial charge in [-0.25, -0.2) is 0 Å². The van der Waals surface area contributed by atoms with Crippen LogP contribution in [0.3, 0.4) is 0 Å². The molecule has 0 spiro atoms. The van der Waals surface area contributed by atoms with Crippen LogP contribution in [0.1, 0.15) is 45.4 Å². The van der Waals surface area contributed by atoms with Crippen LogP contribution < -0.4 is 5.32 Å². The average Bonchev–Trinajstić information content (AvgIpc) is 2.67. The quantitative estimate of drug-likeness (QED) is 0.696. The Morgan fingerprint density at radius 3 is 2.64 bits per heavy atom. The second kappa shape index (κ2) is 4.99. The molecule has 1 aliphatic rings. The van der Waals surface area contributed by atoms with E-state index in [2.05, 4.69) is 18.3 Å². The van der Waals surface area contributed by atoms with Crippen molar-refractivity contribution in [2.45, 2.75) is 45.4 Å². The van der Waals surface area contributed by atoms with Gasteiger partial charge in [0.2, 0.25) is 5.91 Å². The van der Waals surface area contributed by atoms with Crippen molar-refractivity contribution in [3.05, 3.63) is 0 Å². The Hall–Kier alpha value is -1.04. The van der Waals surface area contributed by atoms with Crippen LogP contribution in [0, 0.1) is 16.7 Å². The Kier molecular flexibility index (Phi) is 3.94. The molecule has 0 radical (unpaired) electrons. The highest BCUT2D eigenvalue weighted by molar-refractivity contribution is 5.85. The second-order valence-electron chi connectivity index (χ2n) is 4.01. The molecule has 1 rings (SSSR count). The Morgan fingerprint density at radius 1 is 1.50 bits per heavy atom. The van der Waals surface area contributed by atoms with Crippen molar-refractivity contribution < 1.29 is 4.79 Å². The Morgan fingerprint density at radius 2 is 2.14 bits per heavy atom. The van der Waals surface area contributed by atoms with Gasteiger partial charge in [0, 0.05) is 6.54 Å². The first-order valence-corrected chi connectivity index (χ1v) is 5.45. The number of hydrogen-bond donors (Lipinski definition) is 1. The van der Waals surface area contributed by atoms with Gasteiger partial charge in [-0.05, 0) is 19.3 Å². The minimum Gasteiger partial charge on any atom is -0.355 e. The highest BCUT2D eigenvalue weighted by atomic mass is 16.2. The lowest BCUT2D eigenvalue weighted by atomic mass is 9.87. The zero-order chi connectivity index (χ0) is 10.4. The molecule has 1 fully saturated rings. The van der Waals surface area contributed by atoms with E-state index in [1.807, 2.05) is 0 Å². The van der Waals surface area contributed by atoms with Crippen molar-refractivity contribution in [3.8, 4) is 6.07 Å². The molecule has 14 heavy (non-hydrogen) atoms. The predicted molar refractivity (Wildman–Crippen MR) is 54.4 cm³/mol. The standard InChI is InChI=1S/C11H18N2O/c1-2-3-8-13-10(14)11(9-12)6-4-5-7-11/h2-8H2,1H3,(H,13,14). The molecular formula is C11H18N2O. The van der Waals surface area contributed by atoms with Gasteiger partial charge in [-0.3, -0.25) is 4.79 Å². The van der Waals surface area contributed by atoms with Crippen LogP contribution in [0.15, 0.2) is 0 Å². The van der Waals surface area contributed by atoms with Gasteiger partial charge in [-0.15, -0.1) is 0 Å². The van der Waals surface area contributed by atoms with E-state index in [0.29, 0.717) is 6.54 Å². The maximum atomic E-state index is 11.7. The first-order chi connectivity index (χ1) is 6.75. The van der Waals surface area contributed by atoms with Crippen LogP contribution in [0.5, 0.6) is 0 Å². The summed E-state index contributed by atoms with van der Waals surface area (Å²) in [4.78, 5) is 11.7. The molecular weight excluding hydrogens is 176 g/mol. The Labute approximate surface area is 85.5 Å². The maximum Gasteiger partial charge on any atom is 0.240 e. The molecule has 3 nitrogen and oxygen atoms in total. The number of hydrogen-bond acceptors (Lipinski definition) is 2. The van der Waals surface area contributed by atoms with Gasteiger partial charge in [-0.1, -0.05) is 26.2 Å². The number of nitrogens with one attached hydrogen (secondary N) is 1. The molecule has 0 unspecified atom stereocenters. The molecule has 0 aromatic heterocycles. The number of nitriles is 1. The third kappa shape index (κ3) is 2.25. The van der Waals surface area contributed by atoms with Crippen LogP contribution >= 0.6 is 0 Å². The number of unbranched alkanes of at least 4 members (excludes halogenated alkanes) is 1. The van der Waals surface area contributed by atoms with Crippen LogP contribution in [-0.2, 0) is 4.79 Å². The van der Waals surface area contributed by atoms with E-state index < -0.39 is 5.41 Å². The van der Waals surface area contributed by atoms with Crippen molar-refractivity contribution in [3.63, 3.8) is 0 Å². The first-order valence-electron chi connectivity index (χ1n) is 5.45. The second-order valence-corrected chi connectivity index (χ2v) is 4.01. The number of amides is 1. The molecule has 0 atom stereocenters. The summed E-state index contributed by atoms with van der Waals surface area (Å²) in [5, 5.41) is 11.9. The van der Waals surface area contributed by atoms with Crippen LogP contribution in [0.2, 0.25) is 0 Å². The summed E-state index contributed by atoms with van der Waals surface area (Å²) in [5.41, 5.74) is -0.701. The highest BCUT2D eigenvalue weighted by Gasteiger charge is 2.41. The number of nitrogens with zero attached hydrogens (tertiary/aromatic N) is 1. The van der Waals surface area contributed by atoms with Gasteiger partial charge in [0.15, 0.2) is 0 Å². The summed E-state index contributed by atoms with van der Waals surface area (Å²) in [7, 11) is 0. The van der Waals surface area contributed by atoms with E-state index in [9.17, 15) is 4.79 Å². The monoisotopic (exact) mass is 194 g/mol. The van der Waals surface area contributed by atoms with Gasteiger partial charge in [0.1, 0.15) is 5.41 Å². The molecule has 1 saturated carbocycles. The third-order valence-corrected chi connectivity index (χ3v) is 2.92. The minimum atomic E-state index is -0.701. The molecule has 0 aliphatic heterocycles. The maximum absolute atomic E-state index is 11.7. The Balaban J connectivity index is 2.45. The summed E-state index contributed by atoms with van der Waals surface area (Å²) in [6, 6.07) is 2.19. The largest absolute Gasteiger partial charge is 0.355 e. The summed E-state index contributed by atoms with van der Waals surface area (Å²) in [6.07, 6.45) is 5.56. The van der Waals surface area contributed by atoms with E-state index in [1.54, 1.807) is 0 Å². The van der Waals surface area contributed by atoms with Crippen molar-refractivity contribution in [1.29, 1.82) is 5.26 Å². The van der Waals surface area contributed by atoms with Crippen molar-refractivity contribution >= 4 is 5.91 Å². The molecule has 1 N–H and O–H groups in total. The smallest absolute Gasteiger partial charge is 0.240 e. The van der Waals surface area contributed by atoms with Gasteiger partial charge < -0.3 is 5.32 Å². The van der Waals surface area contributed by atoms with Crippen LogP contribution in [0.4, 0.5) is 0 Å². The predicted octanol–water partition coefficient (Wildman–Crippen LogP) is 1.99. The van der Waals surface area contributed by atoms with Gasteiger partial charge in [0.25, 0.3) is 0 Å². The summed E-state index contributed by atoms with van der Waals surface area (Å²) in [5.74, 6) is -0.0500. The molecule has 0 saturated heterocycles. The molecule has 0 heterocycles. The van der Waals surface area contributed by atoms with Crippen LogP contribution in [0.25, 0.3) is 0 Å². The van der Waals surface area contributed by atoms with Gasteiger partial charge >= 0.3 is 0 Å². The van der Waals surface area contributed by atoms with Gasteiger partial charge in [-0.2, -0.15) is 5.26 Å². The Bertz CT molecular complexity index is 236. The lowest BCUT2D eigenvalue weighted by molar-refractivity contribution is -0.127. The van der Waals surface area contributed by atoms with E-state index in [1.165, 1.54) is 0 Å². The van der Waals surface area contributed by atoms with E-state index >= 15 is 0 Å². The molecule has 1 aliphatic carbocycles. The summed E-state index contributed by atoms with van der Waals surface area (Å²) in [6.45, 7) is 2.79. The number of carbonyl (C=O) groups is 1. The number of rotatable bonds is 4. The normalized spacial score (nSPS) is 18.9. The highest BCUT2D eigenvalue weighted by Crippen LogP contribution is 2.37. The molecule has 1 amide bonds. The molecule has 78 valence electrons. The van der Waals surface area contributed by atoms with Crippen molar-refractivity contribution in [2.24, 2.45) is 5.41 Å². The molecule has 0 aromatic rings. The zero-order valence-electron chi connectivity index (χ0n) is 8.81. The average molecular weight is 194 g/mol. The lowest BCUT2D eigenvalue weighted by Gasteiger charge is -2.18. The lowest BCUT2D eigenvalue weighted by Crippen LogP contribution is -2.38. The number of carbonyl (C=O) groups excluding carboxylic acids is 1. The topological polar surface area (TPSA) is 52.9 Å². The van der Waals surface area contributed by atoms with Crippen molar-refractivity contribution in [2.75, 3.05) is 6.54 Å². The van der Waals surface area contributed by atoms with Crippen LogP contribution in [-0.4, -0.2) is 12.5 Å². The fraction of sp³-hybridized carbons (Fsp3) is 0.818. The zero-order valence-corrected chi connectivity index (χ0v) is 8.81. The summed E-state index contributed by atoms with van der Waals surface area (Å²) < 4.78 is 0. The van der Waals surface area contributed by atoms with E-state index in [0.717, 1.165) is 38.5 Å².